The quantitative estimate of drug-likeness (QED) is 0.479. The molecule has 1 fully saturated rings. The maximum Gasteiger partial charge on any atom is 0.0180 e. The average molecular weight is 297 g/mol. The van der Waals surface area contributed by atoms with E-state index in [-0.39, 0.29) is 0 Å². The number of hydrogen-bond donors (Lipinski definition) is 1. The fourth-order valence-electron chi connectivity index (χ4n) is 3.62. The molecule has 0 aromatic heterocycles. The molecule has 0 aliphatic carbocycles. The van der Waals surface area contributed by atoms with Crippen LogP contribution in [0.25, 0.3) is 0 Å². The summed E-state index contributed by atoms with van der Waals surface area (Å²) in [5.41, 5.74) is 6.11. The lowest BCUT2D eigenvalue weighted by Gasteiger charge is -2.28. The van der Waals surface area contributed by atoms with Gasteiger partial charge in [-0.1, -0.05) is 78.1 Å². The van der Waals surface area contributed by atoms with Gasteiger partial charge < -0.3 is 5.73 Å². The monoisotopic (exact) mass is 296 g/mol. The van der Waals surface area contributed by atoms with Gasteiger partial charge in [0.25, 0.3) is 0 Å². The van der Waals surface area contributed by atoms with Crippen LogP contribution in [-0.4, -0.2) is 30.1 Å². The number of nitrogens with two attached hydrogens (primary N) is 1. The molecule has 21 heavy (non-hydrogen) atoms. The maximum absolute atomic E-state index is 6.11. The molecule has 0 spiro atoms. The third-order valence-corrected chi connectivity index (χ3v) is 5.05. The second-order valence-electron chi connectivity index (χ2n) is 7.10. The SMILES string of the molecule is CCCCCCCC(CCCCCCC)N1CC[C@@H](N)C1. The van der Waals surface area contributed by atoms with Crippen molar-refractivity contribution < 1.29 is 0 Å². The van der Waals surface area contributed by atoms with Gasteiger partial charge in [-0.15, -0.1) is 0 Å². The van der Waals surface area contributed by atoms with Crippen molar-refractivity contribution in [1.29, 1.82) is 0 Å². The third kappa shape index (κ3) is 8.83. The molecule has 126 valence electrons. The second-order valence-corrected chi connectivity index (χ2v) is 7.10. The molecule has 0 radical (unpaired) electrons. The van der Waals surface area contributed by atoms with Crippen LogP contribution >= 0.6 is 0 Å². The van der Waals surface area contributed by atoms with Crippen molar-refractivity contribution >= 4 is 0 Å². The molecule has 0 aromatic carbocycles. The summed E-state index contributed by atoms with van der Waals surface area (Å²) in [4.78, 5) is 2.70. The zero-order valence-corrected chi connectivity index (χ0v) is 14.8. The number of likely N-dealkylation sites (tertiary alicyclic amines) is 1. The third-order valence-electron chi connectivity index (χ3n) is 5.05. The van der Waals surface area contributed by atoms with Crippen LogP contribution in [0.4, 0.5) is 0 Å². The zero-order chi connectivity index (χ0) is 15.3. The fourth-order valence-corrected chi connectivity index (χ4v) is 3.62. The van der Waals surface area contributed by atoms with E-state index < -0.39 is 0 Å². The lowest BCUT2D eigenvalue weighted by atomic mass is 9.99. The highest BCUT2D eigenvalue weighted by Crippen LogP contribution is 2.22. The van der Waals surface area contributed by atoms with E-state index in [9.17, 15) is 0 Å². The van der Waals surface area contributed by atoms with Gasteiger partial charge in [-0.25, -0.2) is 0 Å². The van der Waals surface area contributed by atoms with Crippen LogP contribution in [0.3, 0.4) is 0 Å². The van der Waals surface area contributed by atoms with E-state index in [1.54, 1.807) is 0 Å². The lowest BCUT2D eigenvalue weighted by molar-refractivity contribution is 0.207. The Morgan fingerprint density at radius 2 is 1.38 bits per heavy atom. The van der Waals surface area contributed by atoms with Crippen molar-refractivity contribution in [3.63, 3.8) is 0 Å². The van der Waals surface area contributed by atoms with Crippen molar-refractivity contribution in [3.8, 4) is 0 Å². The van der Waals surface area contributed by atoms with Crippen molar-refractivity contribution in [3.05, 3.63) is 0 Å². The maximum atomic E-state index is 6.11. The van der Waals surface area contributed by atoms with Crippen LogP contribution in [0, 0.1) is 0 Å². The number of unbranched alkanes of at least 4 members (excludes halogenated alkanes) is 8. The van der Waals surface area contributed by atoms with E-state index in [0.29, 0.717) is 6.04 Å². The summed E-state index contributed by atoms with van der Waals surface area (Å²) in [7, 11) is 0. The average Bonchev–Trinajstić information content (AvgIpc) is 2.91. The van der Waals surface area contributed by atoms with Crippen LogP contribution in [0.5, 0.6) is 0 Å². The first-order chi connectivity index (χ1) is 10.3. The molecule has 0 amide bonds. The zero-order valence-electron chi connectivity index (χ0n) is 14.8. The minimum absolute atomic E-state index is 0.438. The Morgan fingerprint density at radius 3 is 1.81 bits per heavy atom. The van der Waals surface area contributed by atoms with Gasteiger partial charge in [0.15, 0.2) is 0 Å². The smallest absolute Gasteiger partial charge is 0.0180 e. The van der Waals surface area contributed by atoms with Gasteiger partial charge in [0, 0.05) is 25.2 Å². The van der Waals surface area contributed by atoms with Crippen LogP contribution in [0.1, 0.15) is 97.3 Å². The van der Waals surface area contributed by atoms with Gasteiger partial charge in [-0.3, -0.25) is 4.90 Å². The molecule has 1 atom stereocenters. The highest BCUT2D eigenvalue weighted by Gasteiger charge is 2.25. The van der Waals surface area contributed by atoms with Gasteiger partial charge in [-0.05, 0) is 19.3 Å². The largest absolute Gasteiger partial charge is 0.326 e. The van der Waals surface area contributed by atoms with E-state index in [2.05, 4.69) is 18.7 Å². The Labute approximate surface area is 133 Å². The van der Waals surface area contributed by atoms with Crippen molar-refractivity contribution in [1.82, 2.24) is 4.90 Å². The molecule has 2 N–H and O–H groups in total. The van der Waals surface area contributed by atoms with E-state index in [0.717, 1.165) is 12.6 Å². The van der Waals surface area contributed by atoms with Gasteiger partial charge >= 0.3 is 0 Å². The number of hydrogen-bond acceptors (Lipinski definition) is 2. The van der Waals surface area contributed by atoms with E-state index in [1.807, 2.05) is 0 Å². The molecule has 2 nitrogen and oxygen atoms in total. The van der Waals surface area contributed by atoms with E-state index in [1.165, 1.54) is 90.0 Å². The van der Waals surface area contributed by atoms with Gasteiger partial charge in [0.2, 0.25) is 0 Å². The van der Waals surface area contributed by atoms with Gasteiger partial charge in [0.05, 0.1) is 0 Å². The van der Waals surface area contributed by atoms with Gasteiger partial charge in [0.1, 0.15) is 0 Å². The Hall–Kier alpha value is -0.0800. The van der Waals surface area contributed by atoms with Crippen molar-refractivity contribution in [2.24, 2.45) is 5.73 Å². The number of nitrogens with zero attached hydrogens (tertiary/aromatic N) is 1. The summed E-state index contributed by atoms with van der Waals surface area (Å²) >= 11 is 0. The summed E-state index contributed by atoms with van der Waals surface area (Å²) in [6.45, 7) is 6.99. The fraction of sp³-hybridized carbons (Fsp3) is 1.00. The lowest BCUT2D eigenvalue weighted by Crippen LogP contribution is -2.35. The number of rotatable bonds is 13. The van der Waals surface area contributed by atoms with Crippen LogP contribution in [0.2, 0.25) is 0 Å². The molecular weight excluding hydrogens is 256 g/mol. The predicted molar refractivity (Wildman–Crippen MR) is 94.7 cm³/mol. The first-order valence-corrected chi connectivity index (χ1v) is 9.77. The summed E-state index contributed by atoms with van der Waals surface area (Å²) in [5.74, 6) is 0. The first kappa shape index (κ1) is 19.0. The summed E-state index contributed by atoms with van der Waals surface area (Å²) < 4.78 is 0. The summed E-state index contributed by atoms with van der Waals surface area (Å²) in [6, 6.07) is 1.26. The molecule has 0 saturated carbocycles. The second kappa shape index (κ2) is 12.5. The predicted octanol–water partition coefficient (Wildman–Crippen LogP) is 5.11. The van der Waals surface area contributed by atoms with Crippen molar-refractivity contribution in [2.75, 3.05) is 13.1 Å². The first-order valence-electron chi connectivity index (χ1n) is 9.77. The standard InChI is InChI=1S/C19H40N2/c1-3-5-7-9-11-13-19(14-12-10-8-6-4-2)21-16-15-18(20)17-21/h18-19H,3-17,20H2,1-2H3/t18-/m1/s1. The minimum Gasteiger partial charge on any atom is -0.326 e. The molecule has 1 saturated heterocycles. The van der Waals surface area contributed by atoms with Crippen LogP contribution < -0.4 is 5.73 Å². The minimum atomic E-state index is 0.438. The van der Waals surface area contributed by atoms with Crippen LogP contribution in [-0.2, 0) is 0 Å². The van der Waals surface area contributed by atoms with Crippen molar-refractivity contribution in [2.45, 2.75) is 109 Å². The Kier molecular flexibility index (Phi) is 11.3. The molecular formula is C19H40N2. The Balaban J connectivity index is 2.21. The Bertz CT molecular complexity index is 216. The molecule has 1 aliphatic heterocycles. The molecule has 0 unspecified atom stereocenters. The highest BCUT2D eigenvalue weighted by molar-refractivity contribution is 4.83. The molecule has 0 aromatic rings. The topological polar surface area (TPSA) is 29.3 Å². The molecule has 1 aliphatic rings. The molecule has 2 heteroatoms. The van der Waals surface area contributed by atoms with Crippen LogP contribution in [0.15, 0.2) is 0 Å². The Morgan fingerprint density at radius 1 is 0.857 bits per heavy atom. The van der Waals surface area contributed by atoms with Gasteiger partial charge in [-0.2, -0.15) is 0 Å². The molecule has 0 bridgehead atoms. The molecule has 1 heterocycles. The van der Waals surface area contributed by atoms with E-state index in [4.69, 9.17) is 5.73 Å². The highest BCUT2D eigenvalue weighted by atomic mass is 15.2. The summed E-state index contributed by atoms with van der Waals surface area (Å²) in [5, 5.41) is 0. The normalized spacial score (nSPS) is 19.7. The molecule has 1 rings (SSSR count). The van der Waals surface area contributed by atoms with E-state index >= 15 is 0 Å². The summed E-state index contributed by atoms with van der Waals surface area (Å²) in [6.07, 6.45) is 18.1.